The van der Waals surface area contributed by atoms with E-state index in [9.17, 15) is 26.4 Å². The molecule has 3 N–H and O–H groups in total. The zero-order valence-corrected chi connectivity index (χ0v) is 12.8. The van der Waals surface area contributed by atoms with Gasteiger partial charge in [-0.2, -0.15) is 13.2 Å². The number of rotatable bonds is 4. The Kier molecular flexibility index (Phi) is 5.33. The Morgan fingerprint density at radius 2 is 1.68 bits per heavy atom. The lowest BCUT2D eigenvalue weighted by atomic mass is 9.91. The van der Waals surface area contributed by atoms with E-state index in [1.807, 2.05) is 0 Å². The van der Waals surface area contributed by atoms with Crippen LogP contribution in [0.4, 0.5) is 13.2 Å². The van der Waals surface area contributed by atoms with E-state index in [1.165, 1.54) is 0 Å². The number of carbonyl (C=O) groups excluding carboxylic acids is 1. The van der Waals surface area contributed by atoms with Gasteiger partial charge in [-0.15, -0.1) is 0 Å². The number of sulfonamides is 1. The Morgan fingerprint density at radius 3 is 2.23 bits per heavy atom. The standard InChI is InChI=1S/C12H20F3N3O3S/c13-12(14,15)22(20,21)18-9-5-2-1-4-8(9)17-11(19)10-6-3-7-16-10/h8-10,16,18H,1-7H2,(H,17,19)/t8-,9-,10+/m1/s1. The molecule has 0 spiro atoms. The molecule has 0 aromatic rings. The van der Waals surface area contributed by atoms with E-state index in [1.54, 1.807) is 4.72 Å². The van der Waals surface area contributed by atoms with Crippen molar-refractivity contribution in [3.63, 3.8) is 0 Å². The molecule has 1 saturated carbocycles. The molecular weight excluding hydrogens is 323 g/mol. The van der Waals surface area contributed by atoms with Gasteiger partial charge in [0.1, 0.15) is 0 Å². The molecule has 1 amide bonds. The summed E-state index contributed by atoms with van der Waals surface area (Å²) in [6.45, 7) is 0.729. The summed E-state index contributed by atoms with van der Waals surface area (Å²) >= 11 is 0. The van der Waals surface area contributed by atoms with Gasteiger partial charge >= 0.3 is 15.5 Å². The van der Waals surface area contributed by atoms with Crippen molar-refractivity contribution in [1.29, 1.82) is 0 Å². The summed E-state index contributed by atoms with van der Waals surface area (Å²) in [6.07, 6.45) is 3.65. The molecule has 0 radical (unpaired) electrons. The van der Waals surface area contributed by atoms with Crippen molar-refractivity contribution in [2.75, 3.05) is 6.54 Å². The molecule has 0 unspecified atom stereocenters. The van der Waals surface area contributed by atoms with Crippen LogP contribution in [0.15, 0.2) is 0 Å². The van der Waals surface area contributed by atoms with Gasteiger partial charge in [0.05, 0.1) is 6.04 Å². The number of alkyl halides is 3. The number of halogens is 3. The van der Waals surface area contributed by atoms with Gasteiger partial charge < -0.3 is 10.6 Å². The molecule has 10 heteroatoms. The number of carbonyl (C=O) groups is 1. The normalized spacial score (nSPS) is 30.2. The highest BCUT2D eigenvalue weighted by molar-refractivity contribution is 7.90. The minimum Gasteiger partial charge on any atom is -0.350 e. The van der Waals surface area contributed by atoms with Gasteiger partial charge in [0.2, 0.25) is 5.91 Å². The second kappa shape index (κ2) is 6.71. The van der Waals surface area contributed by atoms with Crippen LogP contribution in [-0.2, 0) is 14.8 Å². The van der Waals surface area contributed by atoms with Crippen LogP contribution in [-0.4, -0.2) is 44.5 Å². The van der Waals surface area contributed by atoms with Crippen molar-refractivity contribution in [2.24, 2.45) is 0 Å². The van der Waals surface area contributed by atoms with Crippen LogP contribution in [0.25, 0.3) is 0 Å². The molecule has 22 heavy (non-hydrogen) atoms. The molecule has 2 fully saturated rings. The summed E-state index contributed by atoms with van der Waals surface area (Å²) in [5.41, 5.74) is -5.34. The van der Waals surface area contributed by atoms with Crippen LogP contribution in [0.3, 0.4) is 0 Å². The van der Waals surface area contributed by atoms with E-state index in [0.717, 1.165) is 19.4 Å². The molecular formula is C12H20F3N3O3S. The molecule has 2 rings (SSSR count). The van der Waals surface area contributed by atoms with Gasteiger partial charge in [0.25, 0.3) is 0 Å². The third-order valence-electron chi connectivity index (χ3n) is 4.08. The maximum Gasteiger partial charge on any atom is 0.511 e. The smallest absolute Gasteiger partial charge is 0.350 e. The average Bonchev–Trinajstić information content (AvgIpc) is 2.93. The quantitative estimate of drug-likeness (QED) is 0.698. The van der Waals surface area contributed by atoms with Crippen LogP contribution in [0.5, 0.6) is 0 Å². The zero-order chi connectivity index (χ0) is 16.4. The molecule has 1 heterocycles. The maximum absolute atomic E-state index is 12.5. The number of hydrogen-bond acceptors (Lipinski definition) is 4. The minimum absolute atomic E-state index is 0.276. The zero-order valence-electron chi connectivity index (χ0n) is 11.9. The summed E-state index contributed by atoms with van der Waals surface area (Å²) in [5, 5.41) is 5.69. The topological polar surface area (TPSA) is 87.3 Å². The van der Waals surface area contributed by atoms with Crippen LogP contribution < -0.4 is 15.4 Å². The SMILES string of the molecule is O=C(N[C@@H]1CCCC[C@H]1NS(=O)(=O)C(F)(F)F)[C@@H]1CCCN1. The molecule has 1 aliphatic heterocycles. The molecule has 0 bridgehead atoms. The third-order valence-corrected chi connectivity index (χ3v) is 5.30. The monoisotopic (exact) mass is 343 g/mol. The lowest BCUT2D eigenvalue weighted by molar-refractivity contribution is -0.123. The molecule has 3 atom stereocenters. The van der Waals surface area contributed by atoms with Gasteiger partial charge in [0.15, 0.2) is 0 Å². The van der Waals surface area contributed by atoms with E-state index in [2.05, 4.69) is 10.6 Å². The van der Waals surface area contributed by atoms with Crippen LogP contribution in [0.1, 0.15) is 38.5 Å². The Labute approximate surface area is 127 Å². The highest BCUT2D eigenvalue weighted by Crippen LogP contribution is 2.26. The first-order valence-electron chi connectivity index (χ1n) is 7.33. The van der Waals surface area contributed by atoms with Crippen molar-refractivity contribution in [2.45, 2.75) is 62.2 Å². The molecule has 2 aliphatic rings. The van der Waals surface area contributed by atoms with Crippen molar-refractivity contribution in [1.82, 2.24) is 15.4 Å². The maximum atomic E-state index is 12.5. The fourth-order valence-electron chi connectivity index (χ4n) is 2.90. The first-order chi connectivity index (χ1) is 10.2. The Bertz CT molecular complexity index is 503. The van der Waals surface area contributed by atoms with E-state index < -0.39 is 27.6 Å². The van der Waals surface area contributed by atoms with Gasteiger partial charge in [-0.25, -0.2) is 13.1 Å². The van der Waals surface area contributed by atoms with Crippen LogP contribution >= 0.6 is 0 Å². The molecule has 0 aromatic heterocycles. The van der Waals surface area contributed by atoms with Crippen molar-refractivity contribution >= 4 is 15.9 Å². The second-order valence-corrected chi connectivity index (χ2v) is 7.43. The van der Waals surface area contributed by atoms with Crippen molar-refractivity contribution in [3.05, 3.63) is 0 Å². The molecule has 1 aliphatic carbocycles. The highest BCUT2D eigenvalue weighted by Gasteiger charge is 2.48. The molecule has 1 saturated heterocycles. The first kappa shape index (κ1) is 17.5. The third kappa shape index (κ3) is 4.11. The number of amides is 1. The molecule has 6 nitrogen and oxygen atoms in total. The van der Waals surface area contributed by atoms with Gasteiger partial charge in [0, 0.05) is 12.1 Å². The summed E-state index contributed by atoms with van der Waals surface area (Å²) in [7, 11) is -5.40. The predicted octanol–water partition coefficient (Wildman–Crippen LogP) is 0.605. The van der Waals surface area contributed by atoms with Crippen molar-refractivity contribution in [3.8, 4) is 0 Å². The largest absolute Gasteiger partial charge is 0.511 e. The average molecular weight is 343 g/mol. The highest BCUT2D eigenvalue weighted by atomic mass is 32.2. The lowest BCUT2D eigenvalue weighted by Crippen LogP contribution is -2.57. The van der Waals surface area contributed by atoms with E-state index in [4.69, 9.17) is 0 Å². The number of hydrogen-bond donors (Lipinski definition) is 3. The van der Waals surface area contributed by atoms with Gasteiger partial charge in [-0.3, -0.25) is 4.79 Å². The predicted molar refractivity (Wildman–Crippen MR) is 73.3 cm³/mol. The second-order valence-electron chi connectivity index (χ2n) is 5.72. The number of nitrogens with one attached hydrogen (secondary N) is 3. The summed E-state index contributed by atoms with van der Waals surface area (Å²) in [4.78, 5) is 12.0. The van der Waals surface area contributed by atoms with E-state index in [0.29, 0.717) is 19.3 Å². The summed E-state index contributed by atoms with van der Waals surface area (Å²) < 4.78 is 61.6. The van der Waals surface area contributed by atoms with Crippen LogP contribution in [0, 0.1) is 0 Å². The van der Waals surface area contributed by atoms with Gasteiger partial charge in [-0.1, -0.05) is 12.8 Å². The Balaban J connectivity index is 2.00. The summed E-state index contributed by atoms with van der Waals surface area (Å²) in [6, 6.07) is -1.88. The molecule has 128 valence electrons. The molecule has 0 aromatic carbocycles. The lowest BCUT2D eigenvalue weighted by Gasteiger charge is -2.33. The first-order valence-corrected chi connectivity index (χ1v) is 8.81. The Morgan fingerprint density at radius 1 is 1.05 bits per heavy atom. The van der Waals surface area contributed by atoms with E-state index >= 15 is 0 Å². The van der Waals surface area contributed by atoms with Crippen LogP contribution in [0.2, 0.25) is 0 Å². The fourth-order valence-corrected chi connectivity index (χ4v) is 3.72. The van der Waals surface area contributed by atoms with Gasteiger partial charge in [-0.05, 0) is 32.2 Å². The Hall–Kier alpha value is -0.870. The minimum atomic E-state index is -5.40. The van der Waals surface area contributed by atoms with E-state index in [-0.39, 0.29) is 18.4 Å². The summed E-state index contributed by atoms with van der Waals surface area (Å²) in [5.74, 6) is -0.277. The fraction of sp³-hybridized carbons (Fsp3) is 0.917. The van der Waals surface area contributed by atoms with Crippen molar-refractivity contribution < 1.29 is 26.4 Å².